The molecule has 0 spiro atoms. The van der Waals surface area contributed by atoms with Gasteiger partial charge in [0.1, 0.15) is 23.9 Å². The van der Waals surface area contributed by atoms with E-state index in [2.05, 4.69) is 0 Å². The number of hydrogen-bond donors (Lipinski definition) is 2. The van der Waals surface area contributed by atoms with Gasteiger partial charge in [-0.2, -0.15) is 8.42 Å². The average Bonchev–Trinajstić information content (AvgIpc) is 2.72. The Hall–Kier alpha value is -3.20. The van der Waals surface area contributed by atoms with E-state index in [1.807, 2.05) is 30.3 Å². The molecule has 3 aromatic carbocycles. The van der Waals surface area contributed by atoms with Crippen LogP contribution in [0.1, 0.15) is 15.9 Å². The van der Waals surface area contributed by atoms with Gasteiger partial charge in [-0.15, -0.1) is 0 Å². The summed E-state index contributed by atoms with van der Waals surface area (Å²) >= 11 is 0. The molecule has 0 fully saturated rings. The number of aliphatic hydroxyl groups is 1. The fourth-order valence-corrected chi connectivity index (χ4v) is 2.95. The van der Waals surface area contributed by atoms with Crippen molar-refractivity contribution in [2.75, 3.05) is 0 Å². The van der Waals surface area contributed by atoms with Crippen LogP contribution in [0.2, 0.25) is 0 Å². The second kappa shape index (κ2) is 8.87. The van der Waals surface area contributed by atoms with Gasteiger partial charge in [0.25, 0.3) is 10.1 Å². The van der Waals surface area contributed by atoms with Gasteiger partial charge in [0, 0.05) is 0 Å². The van der Waals surface area contributed by atoms with Gasteiger partial charge in [-0.3, -0.25) is 9.35 Å². The summed E-state index contributed by atoms with van der Waals surface area (Å²) in [5.74, 6) is 0.183. The molecule has 0 aliphatic rings. The van der Waals surface area contributed by atoms with Crippen LogP contribution in [0.3, 0.4) is 0 Å². The van der Waals surface area contributed by atoms with E-state index in [1.54, 1.807) is 30.3 Å². The van der Waals surface area contributed by atoms with Crippen molar-refractivity contribution in [2.45, 2.75) is 12.0 Å². The number of Topliss-reactive ketones (excluding diaryl/α,β-unsaturated/α-hetero) is 1. The van der Waals surface area contributed by atoms with Crippen molar-refractivity contribution in [1.82, 2.24) is 0 Å². The van der Waals surface area contributed by atoms with Crippen LogP contribution in [0.25, 0.3) is 0 Å². The molecule has 1 unspecified atom stereocenters. The molecule has 0 saturated heterocycles. The number of benzene rings is 3. The van der Waals surface area contributed by atoms with Crippen LogP contribution in [0.4, 0.5) is 0 Å². The van der Waals surface area contributed by atoms with Crippen LogP contribution in [0.5, 0.6) is 17.2 Å². The average molecular weight is 414 g/mol. The van der Waals surface area contributed by atoms with E-state index in [1.165, 1.54) is 18.2 Å². The van der Waals surface area contributed by atoms with Crippen molar-refractivity contribution in [3.63, 3.8) is 0 Å². The Balaban J connectivity index is 1.74. The van der Waals surface area contributed by atoms with Gasteiger partial charge >= 0.3 is 0 Å². The smallest absolute Gasteiger partial charge is 0.299 e. The van der Waals surface area contributed by atoms with Crippen molar-refractivity contribution in [1.29, 1.82) is 0 Å². The Bertz CT molecular complexity index is 1090. The van der Waals surface area contributed by atoms with Crippen LogP contribution in [0.15, 0.2) is 78.9 Å². The quantitative estimate of drug-likeness (QED) is 0.429. The van der Waals surface area contributed by atoms with Crippen molar-refractivity contribution in [2.24, 2.45) is 0 Å². The van der Waals surface area contributed by atoms with Crippen LogP contribution < -0.4 is 9.47 Å². The fourth-order valence-electron chi connectivity index (χ4n) is 2.55. The maximum absolute atomic E-state index is 12.2. The van der Waals surface area contributed by atoms with Crippen LogP contribution in [-0.2, 0) is 16.7 Å². The highest BCUT2D eigenvalue weighted by atomic mass is 32.2. The van der Waals surface area contributed by atoms with Gasteiger partial charge in [0.2, 0.25) is 11.2 Å². The highest BCUT2D eigenvalue weighted by molar-refractivity contribution is 7.87. The molecule has 3 aromatic rings. The van der Waals surface area contributed by atoms with E-state index >= 15 is 0 Å². The summed E-state index contributed by atoms with van der Waals surface area (Å²) in [4.78, 5) is 12.2. The number of rotatable bonds is 8. The SMILES string of the molecule is O=C(c1ccccc1OCc1cccc(Oc2ccccc2)c1)C(O)S(=O)(=O)O. The summed E-state index contributed by atoms with van der Waals surface area (Å²) in [5, 5.41) is 9.53. The molecule has 0 aliphatic heterocycles. The predicted molar refractivity (Wildman–Crippen MR) is 106 cm³/mol. The third kappa shape index (κ3) is 5.41. The van der Waals surface area contributed by atoms with Gasteiger partial charge < -0.3 is 14.6 Å². The molecule has 0 bridgehead atoms. The lowest BCUT2D eigenvalue weighted by atomic mass is 10.1. The minimum Gasteiger partial charge on any atom is -0.488 e. The molecule has 150 valence electrons. The number of ketones is 1. The van der Waals surface area contributed by atoms with Gasteiger partial charge in [-0.1, -0.05) is 42.5 Å². The summed E-state index contributed by atoms with van der Waals surface area (Å²) in [6.07, 6.45) is 0. The highest BCUT2D eigenvalue weighted by Crippen LogP contribution is 2.25. The summed E-state index contributed by atoms with van der Waals surface area (Å²) < 4.78 is 42.4. The molecule has 0 saturated carbocycles. The van der Waals surface area contributed by atoms with Crippen molar-refractivity contribution < 1.29 is 32.3 Å². The first kappa shape index (κ1) is 20.5. The summed E-state index contributed by atoms with van der Waals surface area (Å²) in [6, 6.07) is 22.3. The Labute approximate surface area is 167 Å². The van der Waals surface area contributed by atoms with Crippen molar-refractivity contribution in [3.05, 3.63) is 90.0 Å². The molecule has 3 rings (SSSR count). The lowest BCUT2D eigenvalue weighted by Crippen LogP contribution is -2.29. The fraction of sp³-hybridized carbons (Fsp3) is 0.0952. The number of carbonyl (C=O) groups excluding carboxylic acids is 1. The molecular formula is C21H18O7S. The molecule has 1 atom stereocenters. The minimum atomic E-state index is -4.94. The molecule has 0 amide bonds. The topological polar surface area (TPSA) is 110 Å². The molecule has 2 N–H and O–H groups in total. The van der Waals surface area contributed by atoms with Crippen LogP contribution >= 0.6 is 0 Å². The van der Waals surface area contributed by atoms with Crippen molar-refractivity contribution >= 4 is 15.9 Å². The van der Waals surface area contributed by atoms with E-state index in [0.29, 0.717) is 11.5 Å². The number of carbonyl (C=O) groups is 1. The maximum Gasteiger partial charge on any atom is 0.299 e. The zero-order chi connectivity index (χ0) is 20.9. The molecule has 29 heavy (non-hydrogen) atoms. The molecule has 0 heterocycles. The molecule has 0 aromatic heterocycles. The van der Waals surface area contributed by atoms with Gasteiger partial charge in [-0.05, 0) is 42.0 Å². The zero-order valence-corrected chi connectivity index (χ0v) is 16.0. The Morgan fingerprint density at radius 3 is 2.28 bits per heavy atom. The molecular weight excluding hydrogens is 396 g/mol. The highest BCUT2D eigenvalue weighted by Gasteiger charge is 2.31. The number of ether oxygens (including phenoxy) is 2. The first-order valence-corrected chi connectivity index (χ1v) is 10.1. The van der Waals surface area contributed by atoms with Gasteiger partial charge in [-0.25, -0.2) is 0 Å². The third-order valence-corrected chi connectivity index (χ3v) is 4.71. The third-order valence-electron chi connectivity index (χ3n) is 3.93. The van der Waals surface area contributed by atoms with E-state index < -0.39 is 21.3 Å². The predicted octanol–water partition coefficient (Wildman–Crippen LogP) is 3.45. The Kier molecular flexibility index (Phi) is 6.28. The lowest BCUT2D eigenvalue weighted by molar-refractivity contribution is 0.0844. The maximum atomic E-state index is 12.2. The second-order valence-electron chi connectivity index (χ2n) is 6.08. The zero-order valence-electron chi connectivity index (χ0n) is 15.1. The summed E-state index contributed by atoms with van der Waals surface area (Å²) in [7, 11) is -4.94. The first-order valence-electron chi connectivity index (χ1n) is 8.57. The second-order valence-corrected chi connectivity index (χ2v) is 7.56. The molecule has 8 heteroatoms. The summed E-state index contributed by atoms with van der Waals surface area (Å²) in [5.41, 5.74) is -1.99. The molecule has 0 aliphatic carbocycles. The lowest BCUT2D eigenvalue weighted by Gasteiger charge is -2.13. The number of para-hydroxylation sites is 2. The van der Waals surface area contributed by atoms with Gasteiger partial charge in [0.15, 0.2) is 0 Å². The number of hydrogen-bond acceptors (Lipinski definition) is 6. The van der Waals surface area contributed by atoms with E-state index in [4.69, 9.17) is 14.0 Å². The first-order chi connectivity index (χ1) is 13.8. The summed E-state index contributed by atoms with van der Waals surface area (Å²) in [6.45, 7) is 0.0677. The van der Waals surface area contributed by atoms with E-state index in [-0.39, 0.29) is 17.9 Å². The van der Waals surface area contributed by atoms with Crippen LogP contribution in [-0.4, -0.2) is 29.3 Å². The normalized spacial score (nSPS) is 12.2. The van der Waals surface area contributed by atoms with Crippen molar-refractivity contribution in [3.8, 4) is 17.2 Å². The largest absolute Gasteiger partial charge is 0.488 e. The molecule has 0 radical (unpaired) electrons. The Morgan fingerprint density at radius 1 is 0.897 bits per heavy atom. The monoisotopic (exact) mass is 414 g/mol. The Morgan fingerprint density at radius 2 is 1.55 bits per heavy atom. The standard InChI is InChI=1S/C21H18O7S/c22-20(21(23)29(24,25)26)18-11-4-5-12-19(18)27-14-15-7-6-10-17(13-15)28-16-8-2-1-3-9-16/h1-13,21,23H,14H2,(H,24,25,26). The van der Waals surface area contributed by atoms with E-state index in [0.717, 1.165) is 5.56 Å². The van der Waals surface area contributed by atoms with E-state index in [9.17, 15) is 18.3 Å². The molecule has 7 nitrogen and oxygen atoms in total. The van der Waals surface area contributed by atoms with Crippen LogP contribution in [0, 0.1) is 0 Å². The number of aliphatic hydroxyl groups excluding tert-OH is 1. The minimum absolute atomic E-state index is 0.0677. The van der Waals surface area contributed by atoms with Gasteiger partial charge in [0.05, 0.1) is 5.56 Å².